The van der Waals surface area contributed by atoms with Crippen LogP contribution in [0.1, 0.15) is 57.1 Å². The Morgan fingerprint density at radius 2 is 1.84 bits per heavy atom. The van der Waals surface area contributed by atoms with Crippen LogP contribution in [-0.4, -0.2) is 74.4 Å². The summed E-state index contributed by atoms with van der Waals surface area (Å²) in [7, 11) is 1.88. The fourth-order valence-corrected chi connectivity index (χ4v) is 4.50. The molecule has 2 aliphatic rings. The van der Waals surface area contributed by atoms with E-state index in [1.807, 2.05) is 7.05 Å². The number of guanidine groups is 1. The van der Waals surface area contributed by atoms with Crippen molar-refractivity contribution in [3.05, 3.63) is 35.4 Å². The standard InChI is InChI=1S/C25H42N4O2.HI/c1-4-28(5-2)19-22-11-7-6-10-21(22)18-27-25(26-3)29-15-13-23(14-16-29)31-20-24-12-8-9-17-30-24;/h6-7,10-11,23-24H,4-5,8-9,12-20H2,1-3H3,(H,26,27);1H. The molecule has 0 aromatic heterocycles. The quantitative estimate of drug-likeness (QED) is 0.279. The van der Waals surface area contributed by atoms with Crippen LogP contribution in [0.3, 0.4) is 0 Å². The molecular formula is C25H43IN4O2. The minimum atomic E-state index is 0. The van der Waals surface area contributed by atoms with Gasteiger partial charge in [-0.15, -0.1) is 24.0 Å². The van der Waals surface area contributed by atoms with Crippen molar-refractivity contribution in [1.29, 1.82) is 0 Å². The van der Waals surface area contributed by atoms with Gasteiger partial charge in [-0.05, 0) is 56.3 Å². The van der Waals surface area contributed by atoms with Gasteiger partial charge in [0.25, 0.3) is 0 Å². The molecule has 182 valence electrons. The van der Waals surface area contributed by atoms with Gasteiger partial charge < -0.3 is 19.7 Å². The Morgan fingerprint density at radius 1 is 1.12 bits per heavy atom. The molecule has 32 heavy (non-hydrogen) atoms. The second-order valence-electron chi connectivity index (χ2n) is 8.64. The Labute approximate surface area is 212 Å². The zero-order chi connectivity index (χ0) is 21.9. The first-order chi connectivity index (χ1) is 15.2. The molecule has 0 saturated carbocycles. The van der Waals surface area contributed by atoms with E-state index in [1.54, 1.807) is 0 Å². The summed E-state index contributed by atoms with van der Waals surface area (Å²) in [6.45, 7) is 12.0. The van der Waals surface area contributed by atoms with Gasteiger partial charge in [0.2, 0.25) is 0 Å². The van der Waals surface area contributed by atoms with Crippen LogP contribution in [0.25, 0.3) is 0 Å². The molecule has 0 bridgehead atoms. The fourth-order valence-electron chi connectivity index (χ4n) is 4.50. The van der Waals surface area contributed by atoms with E-state index in [-0.39, 0.29) is 24.0 Å². The van der Waals surface area contributed by atoms with E-state index >= 15 is 0 Å². The Morgan fingerprint density at radius 3 is 2.47 bits per heavy atom. The predicted molar refractivity (Wildman–Crippen MR) is 143 cm³/mol. The predicted octanol–water partition coefficient (Wildman–Crippen LogP) is 4.27. The van der Waals surface area contributed by atoms with E-state index in [4.69, 9.17) is 9.47 Å². The fraction of sp³-hybridized carbons (Fsp3) is 0.720. The molecule has 3 rings (SSSR count). The third-order valence-electron chi connectivity index (χ3n) is 6.59. The number of aliphatic imine (C=N–C) groups is 1. The number of halogens is 1. The normalized spacial score (nSPS) is 20.3. The van der Waals surface area contributed by atoms with E-state index in [1.165, 1.54) is 24.0 Å². The number of hydrogen-bond donors (Lipinski definition) is 1. The van der Waals surface area contributed by atoms with Gasteiger partial charge in [-0.25, -0.2) is 0 Å². The van der Waals surface area contributed by atoms with Crippen LogP contribution in [0.2, 0.25) is 0 Å². The third-order valence-corrected chi connectivity index (χ3v) is 6.59. The SMILES string of the molecule is CCN(CC)Cc1ccccc1CNC(=NC)N1CCC(OCC2CCCCO2)CC1.I. The maximum Gasteiger partial charge on any atom is 0.193 e. The van der Waals surface area contributed by atoms with E-state index in [9.17, 15) is 0 Å². The molecule has 2 aliphatic heterocycles. The first-order valence-corrected chi connectivity index (χ1v) is 12.2. The van der Waals surface area contributed by atoms with Crippen LogP contribution in [0, 0.1) is 0 Å². The molecule has 1 atom stereocenters. The van der Waals surface area contributed by atoms with Crippen molar-refractivity contribution in [1.82, 2.24) is 15.1 Å². The summed E-state index contributed by atoms with van der Waals surface area (Å²) in [5, 5.41) is 3.60. The molecule has 1 aromatic rings. The summed E-state index contributed by atoms with van der Waals surface area (Å²) in [5.41, 5.74) is 2.74. The Kier molecular flexibility index (Phi) is 12.9. The molecule has 1 unspecified atom stereocenters. The minimum Gasteiger partial charge on any atom is -0.376 e. The van der Waals surface area contributed by atoms with Crippen molar-refractivity contribution >= 4 is 29.9 Å². The van der Waals surface area contributed by atoms with Crippen LogP contribution in [0.4, 0.5) is 0 Å². The summed E-state index contributed by atoms with van der Waals surface area (Å²) in [5.74, 6) is 0.992. The zero-order valence-electron chi connectivity index (χ0n) is 20.2. The molecule has 0 aliphatic carbocycles. The van der Waals surface area contributed by atoms with Crippen molar-refractivity contribution in [2.45, 2.75) is 71.2 Å². The molecule has 2 heterocycles. The van der Waals surface area contributed by atoms with Gasteiger partial charge in [0.15, 0.2) is 5.96 Å². The van der Waals surface area contributed by atoms with E-state index in [0.717, 1.165) is 77.7 Å². The number of benzene rings is 1. The van der Waals surface area contributed by atoms with Gasteiger partial charge in [-0.1, -0.05) is 38.1 Å². The number of ether oxygens (including phenoxy) is 2. The van der Waals surface area contributed by atoms with Gasteiger partial charge in [-0.2, -0.15) is 0 Å². The van der Waals surface area contributed by atoms with Crippen LogP contribution < -0.4 is 5.32 Å². The zero-order valence-corrected chi connectivity index (χ0v) is 22.6. The van der Waals surface area contributed by atoms with Crippen molar-refractivity contribution in [3.63, 3.8) is 0 Å². The third kappa shape index (κ3) is 8.47. The van der Waals surface area contributed by atoms with Crippen molar-refractivity contribution in [3.8, 4) is 0 Å². The topological polar surface area (TPSA) is 49.3 Å². The molecule has 7 heteroatoms. The van der Waals surface area contributed by atoms with Crippen molar-refractivity contribution in [2.75, 3.05) is 46.4 Å². The lowest BCUT2D eigenvalue weighted by Gasteiger charge is -2.35. The number of piperidine rings is 1. The second kappa shape index (κ2) is 15.1. The number of nitrogens with zero attached hydrogens (tertiary/aromatic N) is 3. The lowest BCUT2D eigenvalue weighted by atomic mass is 10.1. The van der Waals surface area contributed by atoms with E-state index in [2.05, 4.69) is 58.2 Å². The van der Waals surface area contributed by atoms with E-state index in [0.29, 0.717) is 12.2 Å². The van der Waals surface area contributed by atoms with Gasteiger partial charge in [0, 0.05) is 39.8 Å². The summed E-state index contributed by atoms with van der Waals surface area (Å²) in [4.78, 5) is 9.37. The number of hydrogen-bond acceptors (Lipinski definition) is 4. The lowest BCUT2D eigenvalue weighted by molar-refractivity contribution is -0.0721. The van der Waals surface area contributed by atoms with Gasteiger partial charge >= 0.3 is 0 Å². The average molecular weight is 559 g/mol. The Bertz CT molecular complexity index is 670. The maximum atomic E-state index is 6.17. The molecule has 0 amide bonds. The van der Waals surface area contributed by atoms with Crippen molar-refractivity contribution < 1.29 is 9.47 Å². The van der Waals surface area contributed by atoms with Crippen LogP contribution >= 0.6 is 24.0 Å². The first-order valence-electron chi connectivity index (χ1n) is 12.2. The highest BCUT2D eigenvalue weighted by Crippen LogP contribution is 2.18. The first kappa shape index (κ1) is 27.3. The number of likely N-dealkylation sites (tertiary alicyclic amines) is 1. The molecule has 6 nitrogen and oxygen atoms in total. The summed E-state index contributed by atoms with van der Waals surface area (Å²) < 4.78 is 12.0. The van der Waals surface area contributed by atoms with Gasteiger partial charge in [0.05, 0.1) is 18.8 Å². The molecule has 2 saturated heterocycles. The Hall–Kier alpha value is -0.900. The van der Waals surface area contributed by atoms with Gasteiger partial charge in [-0.3, -0.25) is 9.89 Å². The summed E-state index contributed by atoms with van der Waals surface area (Å²) in [6, 6.07) is 8.74. The summed E-state index contributed by atoms with van der Waals surface area (Å²) in [6.07, 6.45) is 6.35. The highest BCUT2D eigenvalue weighted by Gasteiger charge is 2.24. The molecule has 2 fully saturated rings. The van der Waals surface area contributed by atoms with Crippen LogP contribution in [0.5, 0.6) is 0 Å². The largest absolute Gasteiger partial charge is 0.376 e. The van der Waals surface area contributed by atoms with E-state index < -0.39 is 0 Å². The molecule has 0 radical (unpaired) electrons. The molecule has 1 N–H and O–H groups in total. The highest BCUT2D eigenvalue weighted by atomic mass is 127. The number of nitrogens with one attached hydrogen (secondary N) is 1. The number of rotatable bonds is 9. The second-order valence-corrected chi connectivity index (χ2v) is 8.64. The molecule has 1 aromatic carbocycles. The lowest BCUT2D eigenvalue weighted by Crippen LogP contribution is -2.47. The van der Waals surface area contributed by atoms with Crippen LogP contribution in [0.15, 0.2) is 29.3 Å². The van der Waals surface area contributed by atoms with Gasteiger partial charge in [0.1, 0.15) is 0 Å². The monoisotopic (exact) mass is 558 g/mol. The van der Waals surface area contributed by atoms with Crippen molar-refractivity contribution in [2.24, 2.45) is 4.99 Å². The average Bonchev–Trinajstić information content (AvgIpc) is 2.83. The highest BCUT2D eigenvalue weighted by molar-refractivity contribution is 14.0. The minimum absolute atomic E-state index is 0. The Balaban J connectivity index is 0.00000363. The molecule has 0 spiro atoms. The smallest absolute Gasteiger partial charge is 0.193 e. The van der Waals surface area contributed by atoms with Crippen LogP contribution in [-0.2, 0) is 22.6 Å². The summed E-state index contributed by atoms with van der Waals surface area (Å²) >= 11 is 0. The maximum absolute atomic E-state index is 6.17. The molecular weight excluding hydrogens is 515 g/mol.